The summed E-state index contributed by atoms with van der Waals surface area (Å²) in [5, 5.41) is 7.58. The van der Waals surface area contributed by atoms with E-state index < -0.39 is 54.2 Å². The number of carbonyl (C=O) groups is 2. The lowest BCUT2D eigenvalue weighted by atomic mass is 9.98. The number of anilines is 1. The van der Waals surface area contributed by atoms with Gasteiger partial charge in [0.05, 0.1) is 0 Å². The number of rotatable bonds is 4. The van der Waals surface area contributed by atoms with Gasteiger partial charge in [-0.25, -0.2) is 0 Å². The maximum atomic E-state index is 13.2. The van der Waals surface area contributed by atoms with Crippen LogP contribution in [0.2, 0.25) is 0 Å². The summed E-state index contributed by atoms with van der Waals surface area (Å²) in [5.74, 6) is -2.63. The molecule has 0 unspecified atom stereocenters. The lowest BCUT2D eigenvalue weighted by Gasteiger charge is -2.36. The van der Waals surface area contributed by atoms with E-state index in [-0.39, 0.29) is 5.91 Å². The van der Waals surface area contributed by atoms with Crippen molar-refractivity contribution in [2.75, 3.05) is 5.32 Å². The zero-order valence-electron chi connectivity index (χ0n) is 19.9. The van der Waals surface area contributed by atoms with E-state index >= 15 is 0 Å². The second kappa shape index (κ2) is 8.28. The standard InChI is InChI=1S/C25H30N2O7/c1-13(21(28)27-16-12-8-10-14-9-6-7-11-15(14)16)26-22(29)19-17-18(32-24(2,3)31-17)20-23(30-19)34-25(4,5)33-20/h6-13,17-20,23H,1-5H3,(H,26,29)(H,27,28)/t13-,17+,18+,19+,20+,23+/m0/s1. The Kier molecular flexibility index (Phi) is 5.65. The minimum absolute atomic E-state index is 0.347. The Morgan fingerprint density at radius 2 is 1.50 bits per heavy atom. The maximum absolute atomic E-state index is 13.2. The van der Waals surface area contributed by atoms with Crippen LogP contribution in [0.4, 0.5) is 5.69 Å². The van der Waals surface area contributed by atoms with Gasteiger partial charge in [-0.05, 0) is 46.1 Å². The molecule has 0 bridgehead atoms. The van der Waals surface area contributed by atoms with Gasteiger partial charge in [0, 0.05) is 11.1 Å². The molecule has 34 heavy (non-hydrogen) atoms. The van der Waals surface area contributed by atoms with Crippen molar-refractivity contribution < 1.29 is 33.3 Å². The van der Waals surface area contributed by atoms with Crippen LogP contribution in [0, 0.1) is 0 Å². The molecule has 3 aliphatic heterocycles. The zero-order chi connectivity index (χ0) is 24.3. The van der Waals surface area contributed by atoms with Crippen molar-refractivity contribution in [2.45, 2.75) is 82.9 Å². The normalized spacial score (nSPS) is 32.0. The van der Waals surface area contributed by atoms with Gasteiger partial charge in [-0.1, -0.05) is 36.4 Å². The number of hydrogen-bond donors (Lipinski definition) is 2. The Labute approximate surface area is 198 Å². The molecule has 2 aromatic carbocycles. The molecule has 0 aromatic heterocycles. The van der Waals surface area contributed by atoms with Crippen LogP contribution in [-0.2, 0) is 33.3 Å². The summed E-state index contributed by atoms with van der Waals surface area (Å²) >= 11 is 0. The van der Waals surface area contributed by atoms with E-state index in [1.165, 1.54) is 0 Å². The Morgan fingerprint density at radius 3 is 2.29 bits per heavy atom. The second-order valence-electron chi connectivity index (χ2n) is 9.84. The fourth-order valence-electron chi connectivity index (χ4n) is 4.76. The van der Waals surface area contributed by atoms with Crippen molar-refractivity contribution in [1.29, 1.82) is 0 Å². The Bertz CT molecular complexity index is 1110. The highest BCUT2D eigenvalue weighted by Gasteiger charge is 2.62. The first-order valence-corrected chi connectivity index (χ1v) is 11.5. The highest BCUT2D eigenvalue weighted by molar-refractivity contribution is 6.04. The molecule has 0 radical (unpaired) electrons. The smallest absolute Gasteiger partial charge is 0.252 e. The number of benzene rings is 2. The molecule has 2 amide bonds. The van der Waals surface area contributed by atoms with Crippen LogP contribution in [0.1, 0.15) is 34.6 Å². The molecule has 3 heterocycles. The number of nitrogens with one attached hydrogen (secondary N) is 2. The van der Waals surface area contributed by atoms with Gasteiger partial charge in [0.15, 0.2) is 24.0 Å². The van der Waals surface area contributed by atoms with Crippen LogP contribution in [0.5, 0.6) is 0 Å². The quantitative estimate of drug-likeness (QED) is 0.708. The van der Waals surface area contributed by atoms with E-state index in [1.807, 2.05) is 42.5 Å². The summed E-state index contributed by atoms with van der Waals surface area (Å²) in [7, 11) is 0. The lowest BCUT2D eigenvalue weighted by Crippen LogP contribution is -2.60. The first-order valence-electron chi connectivity index (χ1n) is 11.5. The summed E-state index contributed by atoms with van der Waals surface area (Å²) in [6, 6.07) is 12.6. The first-order chi connectivity index (χ1) is 16.0. The molecule has 6 atom stereocenters. The van der Waals surface area contributed by atoms with Crippen LogP contribution >= 0.6 is 0 Å². The van der Waals surface area contributed by atoms with Crippen LogP contribution in [0.25, 0.3) is 10.8 Å². The van der Waals surface area contributed by atoms with E-state index in [2.05, 4.69) is 10.6 Å². The molecule has 3 aliphatic rings. The van der Waals surface area contributed by atoms with Crippen molar-refractivity contribution >= 4 is 28.3 Å². The van der Waals surface area contributed by atoms with Gasteiger partial charge in [-0.15, -0.1) is 0 Å². The van der Waals surface area contributed by atoms with Crippen LogP contribution in [0.15, 0.2) is 42.5 Å². The second-order valence-corrected chi connectivity index (χ2v) is 9.84. The predicted molar refractivity (Wildman–Crippen MR) is 123 cm³/mol. The molecule has 3 saturated heterocycles. The average Bonchev–Trinajstić information content (AvgIpc) is 3.26. The highest BCUT2D eigenvalue weighted by Crippen LogP contribution is 2.44. The summed E-state index contributed by atoms with van der Waals surface area (Å²) in [6.07, 6.45) is -3.60. The Hall–Kier alpha value is -2.56. The van der Waals surface area contributed by atoms with Crippen LogP contribution in [-0.4, -0.2) is 60.1 Å². The average molecular weight is 471 g/mol. The molecule has 0 aliphatic carbocycles. The van der Waals surface area contributed by atoms with Crippen molar-refractivity contribution in [1.82, 2.24) is 5.32 Å². The topological polar surface area (TPSA) is 104 Å². The molecule has 9 heteroatoms. The van der Waals surface area contributed by atoms with Crippen molar-refractivity contribution in [3.8, 4) is 0 Å². The summed E-state index contributed by atoms with van der Waals surface area (Å²) in [5.41, 5.74) is 0.675. The molecule has 0 spiro atoms. The molecular weight excluding hydrogens is 440 g/mol. The highest BCUT2D eigenvalue weighted by atomic mass is 16.9. The van der Waals surface area contributed by atoms with Gasteiger partial charge in [0.25, 0.3) is 5.91 Å². The van der Waals surface area contributed by atoms with Crippen molar-refractivity contribution in [3.63, 3.8) is 0 Å². The largest absolute Gasteiger partial charge is 0.342 e. The Balaban J connectivity index is 1.29. The van der Waals surface area contributed by atoms with E-state index in [0.29, 0.717) is 5.69 Å². The molecule has 2 aromatic rings. The van der Waals surface area contributed by atoms with Crippen molar-refractivity contribution in [2.24, 2.45) is 0 Å². The monoisotopic (exact) mass is 470 g/mol. The van der Waals surface area contributed by atoms with Crippen LogP contribution in [0.3, 0.4) is 0 Å². The first kappa shape index (κ1) is 23.2. The fourth-order valence-corrected chi connectivity index (χ4v) is 4.76. The van der Waals surface area contributed by atoms with Crippen LogP contribution < -0.4 is 10.6 Å². The molecule has 182 valence electrons. The number of amides is 2. The molecular formula is C25H30N2O7. The third-order valence-electron chi connectivity index (χ3n) is 6.21. The van der Waals surface area contributed by atoms with Gasteiger partial charge in [-0.3, -0.25) is 9.59 Å². The minimum Gasteiger partial charge on any atom is -0.342 e. The molecule has 0 saturated carbocycles. The van der Waals surface area contributed by atoms with Gasteiger partial charge in [0.1, 0.15) is 24.4 Å². The van der Waals surface area contributed by atoms with E-state index in [0.717, 1.165) is 10.8 Å². The minimum atomic E-state index is -1.03. The number of fused-ring (bicyclic) bond motifs is 4. The summed E-state index contributed by atoms with van der Waals surface area (Å²) in [6.45, 7) is 8.72. The zero-order valence-corrected chi connectivity index (χ0v) is 19.9. The van der Waals surface area contributed by atoms with Gasteiger partial charge in [0.2, 0.25) is 5.91 Å². The van der Waals surface area contributed by atoms with Gasteiger partial charge < -0.3 is 34.3 Å². The van der Waals surface area contributed by atoms with E-state index in [9.17, 15) is 9.59 Å². The van der Waals surface area contributed by atoms with Gasteiger partial charge >= 0.3 is 0 Å². The number of hydrogen-bond acceptors (Lipinski definition) is 7. The lowest BCUT2D eigenvalue weighted by molar-refractivity contribution is -0.231. The number of carbonyl (C=O) groups excluding carboxylic acids is 2. The van der Waals surface area contributed by atoms with E-state index in [4.69, 9.17) is 23.7 Å². The molecule has 9 nitrogen and oxygen atoms in total. The maximum Gasteiger partial charge on any atom is 0.252 e. The summed E-state index contributed by atoms with van der Waals surface area (Å²) < 4.78 is 29.8. The fraction of sp³-hybridized carbons (Fsp3) is 0.520. The van der Waals surface area contributed by atoms with E-state index in [1.54, 1.807) is 34.6 Å². The van der Waals surface area contributed by atoms with Gasteiger partial charge in [-0.2, -0.15) is 0 Å². The third kappa shape index (κ3) is 4.30. The predicted octanol–water partition coefficient (Wildman–Crippen LogP) is 2.68. The number of ether oxygens (including phenoxy) is 5. The molecule has 5 rings (SSSR count). The third-order valence-corrected chi connectivity index (χ3v) is 6.21. The SMILES string of the molecule is C[C@H](NC(=O)[C@@H]1O[C@@H]2OC(C)(C)O[C@@H]2[C@@H]2OC(C)(C)O[C@H]21)C(=O)Nc1cccc2ccccc12. The molecule has 3 fully saturated rings. The Morgan fingerprint density at radius 1 is 0.853 bits per heavy atom. The molecule has 2 N–H and O–H groups in total. The summed E-state index contributed by atoms with van der Waals surface area (Å²) in [4.78, 5) is 26.1. The van der Waals surface area contributed by atoms with Crippen molar-refractivity contribution in [3.05, 3.63) is 42.5 Å².